The second-order valence-electron chi connectivity index (χ2n) is 4.49. The molecular formula is C16H14ClNO4. The molecule has 114 valence electrons. The Morgan fingerprint density at radius 1 is 1.14 bits per heavy atom. The summed E-state index contributed by atoms with van der Waals surface area (Å²) in [5.74, 6) is -1.16. The lowest BCUT2D eigenvalue weighted by Crippen LogP contribution is -2.28. The predicted molar refractivity (Wildman–Crippen MR) is 81.7 cm³/mol. The molecule has 1 amide bonds. The van der Waals surface area contributed by atoms with Crippen LogP contribution in [0.25, 0.3) is 0 Å². The van der Waals surface area contributed by atoms with Gasteiger partial charge in [0.15, 0.2) is 6.61 Å². The van der Waals surface area contributed by atoms with Crippen LogP contribution in [0.2, 0.25) is 5.02 Å². The van der Waals surface area contributed by atoms with E-state index in [1.165, 1.54) is 24.3 Å². The van der Waals surface area contributed by atoms with Gasteiger partial charge in [-0.2, -0.15) is 0 Å². The fraction of sp³-hybridized carbons (Fsp3) is 0.125. The van der Waals surface area contributed by atoms with Crippen molar-refractivity contribution in [3.63, 3.8) is 0 Å². The van der Waals surface area contributed by atoms with E-state index in [4.69, 9.17) is 16.3 Å². The van der Waals surface area contributed by atoms with E-state index >= 15 is 0 Å². The van der Waals surface area contributed by atoms with Crippen LogP contribution in [0.5, 0.6) is 5.75 Å². The second kappa shape index (κ2) is 7.47. The van der Waals surface area contributed by atoms with E-state index in [1.54, 1.807) is 18.2 Å². The first-order chi connectivity index (χ1) is 10.6. The molecule has 0 saturated heterocycles. The van der Waals surface area contributed by atoms with Gasteiger partial charge in [0.2, 0.25) is 0 Å². The zero-order valence-electron chi connectivity index (χ0n) is 11.6. The number of carbonyl (C=O) groups is 2. The molecule has 0 radical (unpaired) electrons. The van der Waals surface area contributed by atoms with Gasteiger partial charge in [-0.3, -0.25) is 4.79 Å². The molecule has 0 spiro atoms. The molecule has 0 aromatic heterocycles. The van der Waals surface area contributed by atoms with Gasteiger partial charge in [-0.1, -0.05) is 35.9 Å². The molecule has 2 N–H and O–H groups in total. The van der Waals surface area contributed by atoms with E-state index in [0.717, 1.165) is 5.56 Å². The molecule has 0 aliphatic carbocycles. The van der Waals surface area contributed by atoms with E-state index in [1.807, 2.05) is 6.07 Å². The summed E-state index contributed by atoms with van der Waals surface area (Å²) in [6.45, 7) is -0.152. The molecule has 0 aliphatic rings. The second-order valence-corrected chi connectivity index (χ2v) is 4.90. The zero-order chi connectivity index (χ0) is 15.9. The van der Waals surface area contributed by atoms with E-state index in [0.29, 0.717) is 5.02 Å². The molecule has 2 aromatic rings. The van der Waals surface area contributed by atoms with Gasteiger partial charge in [0.25, 0.3) is 5.91 Å². The zero-order valence-corrected chi connectivity index (χ0v) is 12.3. The fourth-order valence-corrected chi connectivity index (χ4v) is 1.94. The minimum Gasteiger partial charge on any atom is -0.508 e. The maximum absolute atomic E-state index is 11.7. The van der Waals surface area contributed by atoms with Gasteiger partial charge in [-0.05, 0) is 29.8 Å². The Kier molecular flexibility index (Phi) is 5.38. The molecule has 22 heavy (non-hydrogen) atoms. The molecule has 0 atom stereocenters. The van der Waals surface area contributed by atoms with Crippen molar-refractivity contribution in [1.82, 2.24) is 5.32 Å². The highest BCUT2D eigenvalue weighted by atomic mass is 35.5. The highest BCUT2D eigenvalue weighted by Crippen LogP contribution is 2.14. The number of rotatable bonds is 5. The molecule has 0 saturated carbocycles. The Morgan fingerprint density at radius 2 is 1.91 bits per heavy atom. The van der Waals surface area contributed by atoms with Crippen LogP contribution in [0, 0.1) is 0 Å². The topological polar surface area (TPSA) is 75.6 Å². The number of hydrogen-bond acceptors (Lipinski definition) is 4. The summed E-state index contributed by atoms with van der Waals surface area (Å²) in [5.41, 5.74) is 0.954. The maximum atomic E-state index is 11.7. The molecule has 0 unspecified atom stereocenters. The molecule has 2 aromatic carbocycles. The summed E-state index contributed by atoms with van der Waals surface area (Å²) >= 11 is 5.97. The lowest BCUT2D eigenvalue weighted by molar-refractivity contribution is -0.124. The van der Waals surface area contributed by atoms with Gasteiger partial charge in [0.1, 0.15) is 5.75 Å². The van der Waals surface area contributed by atoms with E-state index in [-0.39, 0.29) is 17.9 Å². The number of benzene rings is 2. The number of halogens is 1. The van der Waals surface area contributed by atoms with Crippen molar-refractivity contribution in [3.8, 4) is 5.75 Å². The number of phenolic OH excluding ortho intramolecular Hbond substituents is 1. The molecule has 0 bridgehead atoms. The first-order valence-corrected chi connectivity index (χ1v) is 6.90. The minimum absolute atomic E-state index is 0.0439. The number of amides is 1. The number of nitrogens with one attached hydrogen (secondary N) is 1. The van der Waals surface area contributed by atoms with E-state index in [9.17, 15) is 14.7 Å². The lowest BCUT2D eigenvalue weighted by Gasteiger charge is -2.08. The average Bonchev–Trinajstić information content (AvgIpc) is 2.52. The van der Waals surface area contributed by atoms with Gasteiger partial charge >= 0.3 is 5.97 Å². The molecule has 0 fully saturated rings. The first kappa shape index (κ1) is 15.9. The summed E-state index contributed by atoms with van der Waals surface area (Å²) in [5, 5.41) is 12.4. The molecule has 2 rings (SSSR count). The van der Waals surface area contributed by atoms with Crippen LogP contribution < -0.4 is 5.32 Å². The molecule has 0 heterocycles. The number of phenols is 1. The van der Waals surface area contributed by atoms with Crippen LogP contribution >= 0.6 is 11.6 Å². The summed E-state index contributed by atoms with van der Waals surface area (Å²) in [6, 6.07) is 12.8. The van der Waals surface area contributed by atoms with Crippen molar-refractivity contribution >= 4 is 23.5 Å². The Balaban J connectivity index is 1.81. The van der Waals surface area contributed by atoms with E-state index < -0.39 is 18.5 Å². The number of carbonyl (C=O) groups excluding carboxylic acids is 2. The summed E-state index contributed by atoms with van der Waals surface area (Å²) < 4.78 is 4.87. The van der Waals surface area contributed by atoms with Gasteiger partial charge in [0, 0.05) is 11.6 Å². The normalized spacial score (nSPS) is 10.0. The van der Waals surface area contributed by atoms with Crippen molar-refractivity contribution < 1.29 is 19.4 Å². The van der Waals surface area contributed by atoms with Crippen molar-refractivity contribution in [2.24, 2.45) is 0 Å². The van der Waals surface area contributed by atoms with Crippen LogP contribution in [-0.4, -0.2) is 23.6 Å². The van der Waals surface area contributed by atoms with Gasteiger partial charge < -0.3 is 15.2 Å². The monoisotopic (exact) mass is 319 g/mol. The van der Waals surface area contributed by atoms with Crippen molar-refractivity contribution in [1.29, 1.82) is 0 Å². The van der Waals surface area contributed by atoms with Crippen molar-refractivity contribution in [3.05, 3.63) is 64.7 Å². The number of hydrogen-bond donors (Lipinski definition) is 2. The predicted octanol–water partition coefficient (Wildman–Crippen LogP) is 2.52. The highest BCUT2D eigenvalue weighted by Gasteiger charge is 2.11. The number of aromatic hydroxyl groups is 1. The third kappa shape index (κ3) is 4.49. The number of ether oxygens (including phenoxy) is 1. The molecule has 0 aliphatic heterocycles. The quantitative estimate of drug-likeness (QED) is 0.830. The van der Waals surface area contributed by atoms with Crippen LogP contribution in [0.3, 0.4) is 0 Å². The first-order valence-electron chi connectivity index (χ1n) is 6.52. The van der Waals surface area contributed by atoms with Crippen LogP contribution in [0.15, 0.2) is 48.5 Å². The molecule has 6 heteroatoms. The summed E-state index contributed by atoms with van der Waals surface area (Å²) in [6.07, 6.45) is 0. The Bertz CT molecular complexity index is 687. The Labute approximate surface area is 132 Å². The van der Waals surface area contributed by atoms with Gasteiger partial charge in [-0.25, -0.2) is 4.79 Å². The maximum Gasteiger partial charge on any atom is 0.338 e. The molecule has 5 nitrogen and oxygen atoms in total. The third-order valence-corrected chi connectivity index (χ3v) is 3.22. The summed E-state index contributed by atoms with van der Waals surface area (Å²) in [7, 11) is 0. The van der Waals surface area contributed by atoms with Crippen LogP contribution in [0.1, 0.15) is 15.9 Å². The lowest BCUT2D eigenvalue weighted by atomic mass is 10.2. The summed E-state index contributed by atoms with van der Waals surface area (Å²) in [4.78, 5) is 23.3. The average molecular weight is 320 g/mol. The third-order valence-electron chi connectivity index (χ3n) is 2.85. The fourth-order valence-electron chi connectivity index (χ4n) is 1.73. The van der Waals surface area contributed by atoms with Gasteiger partial charge in [0.05, 0.1) is 5.56 Å². The Morgan fingerprint density at radius 3 is 2.64 bits per heavy atom. The smallest absolute Gasteiger partial charge is 0.338 e. The van der Waals surface area contributed by atoms with E-state index in [2.05, 4.69) is 5.32 Å². The molecular weight excluding hydrogens is 306 g/mol. The number of esters is 1. The Hall–Kier alpha value is -2.53. The van der Waals surface area contributed by atoms with Crippen LogP contribution in [-0.2, 0) is 16.1 Å². The SMILES string of the molecule is O=C(COC(=O)c1cccc(O)c1)NCc1ccccc1Cl. The highest BCUT2D eigenvalue weighted by molar-refractivity contribution is 6.31. The minimum atomic E-state index is -0.677. The van der Waals surface area contributed by atoms with Crippen LogP contribution in [0.4, 0.5) is 0 Å². The largest absolute Gasteiger partial charge is 0.508 e. The van der Waals surface area contributed by atoms with Crippen molar-refractivity contribution in [2.45, 2.75) is 6.54 Å². The van der Waals surface area contributed by atoms with Crippen molar-refractivity contribution in [2.75, 3.05) is 6.61 Å². The van der Waals surface area contributed by atoms with Gasteiger partial charge in [-0.15, -0.1) is 0 Å². The standard InChI is InChI=1S/C16H14ClNO4/c17-14-7-2-1-4-12(14)9-18-15(20)10-22-16(21)11-5-3-6-13(19)8-11/h1-8,19H,9-10H2,(H,18,20).